The molecule has 3 heterocycles. The fourth-order valence-corrected chi connectivity index (χ4v) is 3.39. The number of aromatic nitrogens is 2. The maximum atomic E-state index is 12.8. The van der Waals surface area contributed by atoms with Gasteiger partial charge in [0.05, 0.1) is 11.9 Å². The summed E-state index contributed by atoms with van der Waals surface area (Å²) in [6.07, 6.45) is 3.58. The highest BCUT2D eigenvalue weighted by Crippen LogP contribution is 2.28. The predicted octanol–water partition coefficient (Wildman–Crippen LogP) is 0.492. The second-order valence-electron chi connectivity index (χ2n) is 6.69. The summed E-state index contributed by atoms with van der Waals surface area (Å²) >= 11 is 0. The Kier molecular flexibility index (Phi) is 4.52. The molecular formula is C18H18N6O4. The molecule has 5 amide bonds. The molecule has 4 N–H and O–H groups in total. The fraction of sp³-hybridized carbons (Fsp3) is 0.278. The van der Waals surface area contributed by atoms with Crippen LogP contribution in [0.25, 0.3) is 0 Å². The zero-order chi connectivity index (χ0) is 19.7. The number of carbonyl (C=O) groups is 4. The molecule has 1 saturated heterocycles. The van der Waals surface area contributed by atoms with Crippen molar-refractivity contribution in [2.45, 2.75) is 32.0 Å². The maximum absolute atomic E-state index is 12.8. The van der Waals surface area contributed by atoms with Crippen LogP contribution in [0.2, 0.25) is 0 Å². The second kappa shape index (κ2) is 7.14. The summed E-state index contributed by atoms with van der Waals surface area (Å²) in [5.74, 6) is -0.989. The van der Waals surface area contributed by atoms with Gasteiger partial charge in [0.2, 0.25) is 11.8 Å². The SMILES string of the molecule is O=C1CCC(N2Cc3ccc(CNC(=O)Nc4cn[nH]c4)cc3C2=O)C(=O)N1. The lowest BCUT2D eigenvalue weighted by atomic mass is 10.0. The van der Waals surface area contributed by atoms with Crippen LogP contribution in [0.15, 0.2) is 30.6 Å². The summed E-state index contributed by atoms with van der Waals surface area (Å²) in [5.41, 5.74) is 2.64. The zero-order valence-electron chi connectivity index (χ0n) is 14.8. The van der Waals surface area contributed by atoms with Crippen molar-refractivity contribution >= 4 is 29.4 Å². The van der Waals surface area contributed by atoms with E-state index in [4.69, 9.17) is 0 Å². The van der Waals surface area contributed by atoms with E-state index in [0.717, 1.165) is 11.1 Å². The molecule has 0 bridgehead atoms. The summed E-state index contributed by atoms with van der Waals surface area (Å²) in [5, 5.41) is 14.0. The van der Waals surface area contributed by atoms with Crippen molar-refractivity contribution in [3.05, 3.63) is 47.3 Å². The minimum absolute atomic E-state index is 0.220. The number of hydrogen-bond donors (Lipinski definition) is 4. The van der Waals surface area contributed by atoms with Crippen LogP contribution in [0.4, 0.5) is 10.5 Å². The van der Waals surface area contributed by atoms with Crippen LogP contribution in [-0.2, 0) is 22.7 Å². The van der Waals surface area contributed by atoms with E-state index in [9.17, 15) is 19.2 Å². The van der Waals surface area contributed by atoms with Crippen LogP contribution in [0.1, 0.15) is 34.3 Å². The van der Waals surface area contributed by atoms with Crippen molar-refractivity contribution in [1.82, 2.24) is 25.7 Å². The molecule has 10 nitrogen and oxygen atoms in total. The predicted molar refractivity (Wildman–Crippen MR) is 96.9 cm³/mol. The number of hydrogen-bond acceptors (Lipinski definition) is 5. The van der Waals surface area contributed by atoms with Gasteiger partial charge in [-0.05, 0) is 23.6 Å². The Bertz CT molecular complexity index is 955. The first kappa shape index (κ1) is 17.7. The number of imide groups is 1. The third-order valence-corrected chi connectivity index (χ3v) is 4.80. The normalized spacial score (nSPS) is 18.6. The Morgan fingerprint density at radius 2 is 2.14 bits per heavy atom. The fourth-order valence-electron chi connectivity index (χ4n) is 3.39. The van der Waals surface area contributed by atoms with E-state index in [1.807, 2.05) is 12.1 Å². The number of rotatable bonds is 4. The van der Waals surface area contributed by atoms with E-state index >= 15 is 0 Å². The standard InChI is InChI=1S/C18H18N6O4/c25-15-4-3-14(16(26)23-15)24-9-11-2-1-10(5-13(11)17(24)27)6-19-18(28)22-12-7-20-21-8-12/h1-2,5,7-8,14H,3-4,6,9H2,(H,20,21)(H2,19,22,28)(H,23,25,26). The molecule has 2 aliphatic heterocycles. The average Bonchev–Trinajstić information content (AvgIpc) is 3.28. The van der Waals surface area contributed by atoms with E-state index in [2.05, 4.69) is 26.1 Å². The first-order chi connectivity index (χ1) is 13.5. The molecule has 1 atom stereocenters. The van der Waals surface area contributed by atoms with Crippen LogP contribution in [0.3, 0.4) is 0 Å². The number of carbonyl (C=O) groups excluding carboxylic acids is 4. The van der Waals surface area contributed by atoms with Gasteiger partial charge in [-0.2, -0.15) is 5.10 Å². The lowest BCUT2D eigenvalue weighted by Gasteiger charge is -2.29. The number of amides is 5. The van der Waals surface area contributed by atoms with E-state index < -0.39 is 18.0 Å². The van der Waals surface area contributed by atoms with Crippen LogP contribution in [0.5, 0.6) is 0 Å². The first-order valence-corrected chi connectivity index (χ1v) is 8.81. The number of aromatic amines is 1. The Morgan fingerprint density at radius 1 is 1.29 bits per heavy atom. The lowest BCUT2D eigenvalue weighted by Crippen LogP contribution is -2.52. The lowest BCUT2D eigenvalue weighted by molar-refractivity contribution is -0.136. The van der Waals surface area contributed by atoms with E-state index in [1.54, 1.807) is 12.3 Å². The number of fused-ring (bicyclic) bond motifs is 1. The topological polar surface area (TPSA) is 136 Å². The van der Waals surface area contributed by atoms with Crippen LogP contribution >= 0.6 is 0 Å². The molecule has 1 unspecified atom stereocenters. The Morgan fingerprint density at radius 3 is 2.89 bits per heavy atom. The first-order valence-electron chi connectivity index (χ1n) is 8.81. The average molecular weight is 382 g/mol. The van der Waals surface area contributed by atoms with Gasteiger partial charge in [0.25, 0.3) is 5.91 Å². The van der Waals surface area contributed by atoms with Gasteiger partial charge in [0.1, 0.15) is 6.04 Å². The molecule has 0 spiro atoms. The molecule has 0 aliphatic carbocycles. The number of H-pyrrole nitrogens is 1. The van der Waals surface area contributed by atoms with Gasteiger partial charge in [-0.3, -0.25) is 24.8 Å². The highest BCUT2D eigenvalue weighted by atomic mass is 16.2. The summed E-state index contributed by atoms with van der Waals surface area (Å²) in [6.45, 7) is 0.567. The minimum atomic E-state index is -0.639. The highest BCUT2D eigenvalue weighted by molar-refractivity contribution is 6.05. The molecule has 2 aromatic rings. The number of nitrogens with zero attached hydrogens (tertiary/aromatic N) is 2. The largest absolute Gasteiger partial charge is 0.334 e. The number of nitrogens with one attached hydrogen (secondary N) is 4. The Labute approximate surface area is 159 Å². The van der Waals surface area contributed by atoms with E-state index in [0.29, 0.717) is 24.2 Å². The third kappa shape index (κ3) is 3.43. The van der Waals surface area contributed by atoms with E-state index in [1.165, 1.54) is 11.1 Å². The van der Waals surface area contributed by atoms with Gasteiger partial charge in [-0.1, -0.05) is 12.1 Å². The number of anilines is 1. The molecule has 28 heavy (non-hydrogen) atoms. The molecule has 144 valence electrons. The van der Waals surface area contributed by atoms with Crippen molar-refractivity contribution in [2.75, 3.05) is 5.32 Å². The van der Waals surface area contributed by atoms with Gasteiger partial charge in [-0.15, -0.1) is 0 Å². The van der Waals surface area contributed by atoms with Crippen molar-refractivity contribution in [3.63, 3.8) is 0 Å². The number of urea groups is 1. The van der Waals surface area contributed by atoms with E-state index in [-0.39, 0.29) is 24.8 Å². The van der Waals surface area contributed by atoms with Gasteiger partial charge in [-0.25, -0.2) is 4.79 Å². The highest BCUT2D eigenvalue weighted by Gasteiger charge is 2.39. The third-order valence-electron chi connectivity index (χ3n) is 4.80. The molecule has 0 saturated carbocycles. The van der Waals surface area contributed by atoms with Crippen LogP contribution in [-0.4, -0.2) is 44.9 Å². The maximum Gasteiger partial charge on any atom is 0.319 e. The van der Waals surface area contributed by atoms with Crippen molar-refractivity contribution < 1.29 is 19.2 Å². The molecule has 4 rings (SSSR count). The van der Waals surface area contributed by atoms with Gasteiger partial charge >= 0.3 is 6.03 Å². The summed E-state index contributed by atoms with van der Waals surface area (Å²) in [4.78, 5) is 49.6. The minimum Gasteiger partial charge on any atom is -0.334 e. The molecule has 1 aromatic carbocycles. The molecule has 2 aliphatic rings. The summed E-state index contributed by atoms with van der Waals surface area (Å²) in [6, 6.07) is 4.35. The van der Waals surface area contributed by atoms with Gasteiger partial charge < -0.3 is 15.5 Å². The van der Waals surface area contributed by atoms with Crippen molar-refractivity contribution in [1.29, 1.82) is 0 Å². The Hall–Kier alpha value is -3.69. The molecule has 1 aromatic heterocycles. The molecule has 1 fully saturated rings. The number of benzene rings is 1. The Balaban J connectivity index is 1.40. The summed E-state index contributed by atoms with van der Waals surface area (Å²) < 4.78 is 0. The summed E-state index contributed by atoms with van der Waals surface area (Å²) in [7, 11) is 0. The monoisotopic (exact) mass is 382 g/mol. The van der Waals surface area contributed by atoms with Gasteiger partial charge in [0.15, 0.2) is 0 Å². The van der Waals surface area contributed by atoms with Gasteiger partial charge in [0, 0.05) is 31.3 Å². The molecule has 0 radical (unpaired) electrons. The number of piperidine rings is 1. The van der Waals surface area contributed by atoms with Crippen LogP contribution in [0, 0.1) is 0 Å². The molecular weight excluding hydrogens is 364 g/mol. The van der Waals surface area contributed by atoms with Crippen LogP contribution < -0.4 is 16.0 Å². The quantitative estimate of drug-likeness (QED) is 0.571. The second-order valence-corrected chi connectivity index (χ2v) is 6.69. The van der Waals surface area contributed by atoms with Crippen molar-refractivity contribution in [2.24, 2.45) is 0 Å². The zero-order valence-corrected chi connectivity index (χ0v) is 14.8. The van der Waals surface area contributed by atoms with Crippen molar-refractivity contribution in [3.8, 4) is 0 Å². The molecule has 10 heteroatoms. The smallest absolute Gasteiger partial charge is 0.319 e.